The number of hydrogen-bond donors (Lipinski definition) is 1. The Hall–Kier alpha value is -2.96. The molecular formula is C15H14N4O3. The van der Waals surface area contributed by atoms with Gasteiger partial charge in [-0.2, -0.15) is 5.10 Å². The molecule has 22 heavy (non-hydrogen) atoms. The molecule has 3 rings (SSSR count). The van der Waals surface area contributed by atoms with Gasteiger partial charge >= 0.3 is 0 Å². The fourth-order valence-corrected chi connectivity index (χ4v) is 2.53. The van der Waals surface area contributed by atoms with Crippen LogP contribution < -0.4 is 5.73 Å². The van der Waals surface area contributed by atoms with E-state index in [0.29, 0.717) is 17.5 Å². The maximum Gasteiger partial charge on any atom is 0.269 e. The molecule has 112 valence electrons. The summed E-state index contributed by atoms with van der Waals surface area (Å²) in [6.07, 6.45) is 0.405. The van der Waals surface area contributed by atoms with Gasteiger partial charge in [0.25, 0.3) is 17.7 Å². The highest BCUT2D eigenvalue weighted by molar-refractivity contribution is 6.21. The minimum absolute atomic E-state index is 0.167. The van der Waals surface area contributed by atoms with Crippen molar-refractivity contribution in [3.05, 3.63) is 52.8 Å². The van der Waals surface area contributed by atoms with Crippen LogP contribution in [0, 0.1) is 0 Å². The van der Waals surface area contributed by atoms with Crippen LogP contribution in [0.15, 0.2) is 30.3 Å². The molecule has 1 aliphatic heterocycles. The minimum atomic E-state index is -0.609. The van der Waals surface area contributed by atoms with Crippen molar-refractivity contribution in [3.8, 4) is 0 Å². The van der Waals surface area contributed by atoms with Gasteiger partial charge in [-0.3, -0.25) is 24.0 Å². The van der Waals surface area contributed by atoms with Gasteiger partial charge in [0, 0.05) is 25.7 Å². The number of nitrogens with two attached hydrogens (primary N) is 1. The maximum atomic E-state index is 12.2. The maximum absolute atomic E-state index is 12.2. The molecule has 0 saturated heterocycles. The quantitative estimate of drug-likeness (QED) is 0.824. The van der Waals surface area contributed by atoms with E-state index in [1.165, 1.54) is 9.58 Å². The molecule has 1 aliphatic rings. The van der Waals surface area contributed by atoms with Crippen molar-refractivity contribution in [1.29, 1.82) is 0 Å². The van der Waals surface area contributed by atoms with Crippen molar-refractivity contribution in [2.75, 3.05) is 6.54 Å². The van der Waals surface area contributed by atoms with E-state index in [4.69, 9.17) is 5.73 Å². The van der Waals surface area contributed by atoms with Crippen molar-refractivity contribution in [2.24, 2.45) is 12.8 Å². The van der Waals surface area contributed by atoms with Crippen LogP contribution in [-0.2, 0) is 13.5 Å². The zero-order valence-corrected chi connectivity index (χ0v) is 11.9. The molecule has 2 N–H and O–H groups in total. The average Bonchev–Trinajstić information content (AvgIpc) is 2.98. The summed E-state index contributed by atoms with van der Waals surface area (Å²) in [5.41, 5.74) is 6.93. The summed E-state index contributed by atoms with van der Waals surface area (Å²) in [4.78, 5) is 36.8. The fourth-order valence-electron chi connectivity index (χ4n) is 2.53. The lowest BCUT2D eigenvalue weighted by Gasteiger charge is -2.13. The normalized spacial score (nSPS) is 13.6. The summed E-state index contributed by atoms with van der Waals surface area (Å²) in [5.74, 6) is -1.20. The predicted molar refractivity (Wildman–Crippen MR) is 77.2 cm³/mol. The SMILES string of the molecule is Cn1nc(C(N)=O)cc1CCN1C(=O)c2ccccc2C1=O. The Morgan fingerprint density at radius 1 is 1.18 bits per heavy atom. The first-order valence-corrected chi connectivity index (χ1v) is 6.77. The number of primary amides is 1. The first-order chi connectivity index (χ1) is 10.5. The second-order valence-electron chi connectivity index (χ2n) is 5.07. The van der Waals surface area contributed by atoms with E-state index >= 15 is 0 Å². The Balaban J connectivity index is 1.77. The van der Waals surface area contributed by atoms with E-state index in [0.717, 1.165) is 5.69 Å². The molecule has 0 atom stereocenters. The van der Waals surface area contributed by atoms with Gasteiger partial charge in [0.1, 0.15) is 5.69 Å². The number of carbonyl (C=O) groups is 3. The van der Waals surface area contributed by atoms with Crippen LogP contribution in [0.4, 0.5) is 0 Å². The van der Waals surface area contributed by atoms with E-state index in [9.17, 15) is 14.4 Å². The first-order valence-electron chi connectivity index (χ1n) is 6.77. The lowest BCUT2D eigenvalue weighted by atomic mass is 10.1. The van der Waals surface area contributed by atoms with Crippen molar-refractivity contribution in [2.45, 2.75) is 6.42 Å². The number of nitrogens with zero attached hydrogens (tertiary/aromatic N) is 3. The van der Waals surface area contributed by atoms with E-state index in [1.54, 1.807) is 37.4 Å². The van der Waals surface area contributed by atoms with Gasteiger partial charge in [-0.15, -0.1) is 0 Å². The molecule has 0 bridgehead atoms. The predicted octanol–water partition coefficient (Wildman–Crippen LogP) is 0.358. The Morgan fingerprint density at radius 2 is 1.77 bits per heavy atom. The monoisotopic (exact) mass is 298 g/mol. The molecule has 2 aromatic rings. The summed E-state index contributed by atoms with van der Waals surface area (Å²) < 4.78 is 1.53. The number of hydrogen-bond acceptors (Lipinski definition) is 4. The molecule has 0 unspecified atom stereocenters. The van der Waals surface area contributed by atoms with Gasteiger partial charge in [-0.25, -0.2) is 0 Å². The molecule has 0 spiro atoms. The van der Waals surface area contributed by atoms with Gasteiger partial charge in [0.15, 0.2) is 0 Å². The number of imide groups is 1. The number of benzene rings is 1. The summed E-state index contributed by atoms with van der Waals surface area (Å²) >= 11 is 0. The van der Waals surface area contributed by atoms with Crippen molar-refractivity contribution >= 4 is 17.7 Å². The summed E-state index contributed by atoms with van der Waals surface area (Å²) in [6.45, 7) is 0.226. The number of rotatable bonds is 4. The smallest absolute Gasteiger partial charge is 0.269 e. The van der Waals surface area contributed by atoms with E-state index in [1.807, 2.05) is 0 Å². The van der Waals surface area contributed by atoms with Crippen LogP contribution in [0.2, 0.25) is 0 Å². The van der Waals surface area contributed by atoms with Crippen LogP contribution in [0.1, 0.15) is 36.9 Å². The second-order valence-corrected chi connectivity index (χ2v) is 5.07. The van der Waals surface area contributed by atoms with Gasteiger partial charge < -0.3 is 5.73 Å². The highest BCUT2D eigenvalue weighted by atomic mass is 16.2. The molecule has 0 saturated carbocycles. The molecule has 1 aromatic carbocycles. The topological polar surface area (TPSA) is 98.3 Å². The van der Waals surface area contributed by atoms with Crippen molar-refractivity contribution in [3.63, 3.8) is 0 Å². The lowest BCUT2D eigenvalue weighted by molar-refractivity contribution is 0.0655. The van der Waals surface area contributed by atoms with Crippen molar-refractivity contribution in [1.82, 2.24) is 14.7 Å². The van der Waals surface area contributed by atoms with Crippen LogP contribution >= 0.6 is 0 Å². The largest absolute Gasteiger partial charge is 0.364 e. The van der Waals surface area contributed by atoms with Gasteiger partial charge in [-0.1, -0.05) is 12.1 Å². The third kappa shape index (κ3) is 2.16. The van der Waals surface area contributed by atoms with Gasteiger partial charge in [0.2, 0.25) is 0 Å². The lowest BCUT2D eigenvalue weighted by Crippen LogP contribution is -2.32. The highest BCUT2D eigenvalue weighted by Gasteiger charge is 2.34. The average molecular weight is 298 g/mol. The summed E-state index contributed by atoms with van der Waals surface area (Å²) in [7, 11) is 1.68. The molecule has 0 fully saturated rings. The standard InChI is InChI=1S/C15H14N4O3/c1-18-9(8-12(17-18)13(16)20)6-7-19-14(21)10-4-2-3-5-11(10)15(19)22/h2-5,8H,6-7H2,1H3,(H2,16,20). The Kier molecular flexibility index (Phi) is 3.25. The molecular weight excluding hydrogens is 284 g/mol. The number of fused-ring (bicyclic) bond motifs is 1. The zero-order valence-electron chi connectivity index (χ0n) is 11.9. The first kappa shape index (κ1) is 14.0. The van der Waals surface area contributed by atoms with Gasteiger partial charge in [-0.05, 0) is 18.2 Å². The summed E-state index contributed by atoms with van der Waals surface area (Å²) in [5, 5.41) is 3.99. The highest BCUT2D eigenvalue weighted by Crippen LogP contribution is 2.22. The third-order valence-corrected chi connectivity index (χ3v) is 3.70. The molecule has 0 aliphatic carbocycles. The molecule has 2 heterocycles. The van der Waals surface area contributed by atoms with E-state index in [2.05, 4.69) is 5.10 Å². The Morgan fingerprint density at radius 3 is 2.27 bits per heavy atom. The molecule has 3 amide bonds. The number of aryl methyl sites for hydroxylation is 1. The van der Waals surface area contributed by atoms with E-state index in [-0.39, 0.29) is 24.1 Å². The molecule has 1 aromatic heterocycles. The second kappa shape index (κ2) is 5.10. The van der Waals surface area contributed by atoms with Gasteiger partial charge in [0.05, 0.1) is 11.1 Å². The molecule has 0 radical (unpaired) electrons. The van der Waals surface area contributed by atoms with Crippen LogP contribution in [0.3, 0.4) is 0 Å². The van der Waals surface area contributed by atoms with E-state index < -0.39 is 5.91 Å². The number of amides is 3. The minimum Gasteiger partial charge on any atom is -0.364 e. The third-order valence-electron chi connectivity index (χ3n) is 3.70. The van der Waals surface area contributed by atoms with Crippen LogP contribution in [0.25, 0.3) is 0 Å². The van der Waals surface area contributed by atoms with Crippen molar-refractivity contribution < 1.29 is 14.4 Å². The Bertz CT molecular complexity index is 759. The van der Waals surface area contributed by atoms with Crippen LogP contribution in [-0.4, -0.2) is 38.9 Å². The zero-order chi connectivity index (χ0) is 15.9. The Labute approximate surface area is 126 Å². The fraction of sp³-hybridized carbons (Fsp3) is 0.200. The number of carbonyl (C=O) groups excluding carboxylic acids is 3. The summed E-state index contributed by atoms with van der Waals surface area (Å²) in [6, 6.07) is 8.32. The molecule has 7 nitrogen and oxygen atoms in total. The molecule has 7 heteroatoms. The number of aromatic nitrogens is 2. The van der Waals surface area contributed by atoms with Crippen LogP contribution in [0.5, 0.6) is 0 Å².